The van der Waals surface area contributed by atoms with E-state index in [1.807, 2.05) is 9.80 Å². The summed E-state index contributed by atoms with van der Waals surface area (Å²) in [4.78, 5) is 78.1. The molecule has 0 unspecified atom stereocenters. The molecule has 2 aromatic heterocycles. The van der Waals surface area contributed by atoms with Gasteiger partial charge >= 0.3 is 11.9 Å². The van der Waals surface area contributed by atoms with Crippen molar-refractivity contribution in [3.63, 3.8) is 0 Å². The van der Waals surface area contributed by atoms with E-state index in [9.17, 15) is 39.0 Å². The smallest absolute Gasteiger partial charge is 0.341 e. The van der Waals surface area contributed by atoms with Gasteiger partial charge in [0.1, 0.15) is 35.9 Å². The Bertz CT molecular complexity index is 2150. The van der Waals surface area contributed by atoms with E-state index in [2.05, 4.69) is 32.1 Å². The van der Waals surface area contributed by atoms with Crippen LogP contribution in [0, 0.1) is 11.6 Å². The maximum absolute atomic E-state index is 15.1. The highest BCUT2D eigenvalue weighted by Gasteiger charge is 2.23. The Morgan fingerprint density at radius 2 is 1.04 bits per heavy atom. The molecule has 21 heteroatoms. The Labute approximate surface area is 322 Å². The standard InChI is InChI=1S/C36H42F2N10O9/c37-25-13-21-27(15-29(25)45-7-1-39-2-8-45)47(19-23(33(21)51)35(53)54)43-17-31(49)41-5-11-57-12-6-42-32(50)18-44-48-20-24(36(55)56)34(52)22-14-26(38)30(16-28(22)48)46-9-3-40-4-10-46/h13-16,19-20,39-40,43-44H,1-12,17-18H2,(H,41,49)(H,42,50)(H,53,54)(H,55,56). The number of carbonyl (C=O) groups is 4. The molecule has 2 aromatic carbocycles. The van der Waals surface area contributed by atoms with E-state index >= 15 is 8.78 Å². The van der Waals surface area contributed by atoms with Crippen LogP contribution in [0.1, 0.15) is 20.7 Å². The maximum atomic E-state index is 15.1. The molecule has 4 heterocycles. The number of nitrogens with zero attached hydrogens (tertiary/aromatic N) is 4. The number of nitrogens with one attached hydrogen (secondary N) is 6. The number of fused-ring (bicyclic) bond motifs is 2. The molecule has 2 fully saturated rings. The van der Waals surface area contributed by atoms with Crippen LogP contribution in [0.25, 0.3) is 21.8 Å². The molecule has 19 nitrogen and oxygen atoms in total. The number of hydrogen-bond acceptors (Lipinski definition) is 13. The van der Waals surface area contributed by atoms with Crippen LogP contribution in [0.4, 0.5) is 20.2 Å². The average molecular weight is 797 g/mol. The topological polar surface area (TPSA) is 241 Å². The summed E-state index contributed by atoms with van der Waals surface area (Å²) in [6.07, 6.45) is 2.10. The molecule has 0 saturated carbocycles. The number of aromatic carboxylic acids is 2. The SMILES string of the molecule is O=C(CNn1cc(C(=O)O)c(=O)c2cc(F)c(N3CCNCC3)cc21)NCCOCCNC(=O)CNn1cc(C(=O)O)c(=O)c2cc(F)c(N3CCNCC3)cc21. The summed E-state index contributed by atoms with van der Waals surface area (Å²) in [5, 5.41) is 30.4. The van der Waals surface area contributed by atoms with E-state index in [1.165, 1.54) is 21.5 Å². The van der Waals surface area contributed by atoms with Crippen molar-refractivity contribution in [1.82, 2.24) is 30.6 Å². The lowest BCUT2D eigenvalue weighted by Crippen LogP contribution is -2.44. The third-order valence-corrected chi connectivity index (χ3v) is 9.48. The lowest BCUT2D eigenvalue weighted by atomic mass is 10.1. The predicted molar refractivity (Wildman–Crippen MR) is 206 cm³/mol. The van der Waals surface area contributed by atoms with Gasteiger partial charge in [-0.3, -0.25) is 28.5 Å². The first-order chi connectivity index (χ1) is 27.4. The second-order valence-corrected chi connectivity index (χ2v) is 13.2. The Kier molecular flexibility index (Phi) is 12.8. The minimum atomic E-state index is -1.51. The van der Waals surface area contributed by atoms with Crippen molar-refractivity contribution in [2.45, 2.75) is 0 Å². The lowest BCUT2D eigenvalue weighted by Gasteiger charge is -2.30. The van der Waals surface area contributed by atoms with Gasteiger partial charge in [0.2, 0.25) is 22.7 Å². The van der Waals surface area contributed by atoms with Gasteiger partial charge in [0.25, 0.3) is 0 Å². The van der Waals surface area contributed by atoms with Crippen LogP contribution < -0.4 is 52.8 Å². The number of carboxylic acid groups (broad SMARTS) is 2. The Morgan fingerprint density at radius 1 is 0.649 bits per heavy atom. The molecule has 4 aromatic rings. The van der Waals surface area contributed by atoms with Crippen LogP contribution in [0.3, 0.4) is 0 Å². The van der Waals surface area contributed by atoms with Crippen molar-refractivity contribution >= 4 is 56.9 Å². The van der Waals surface area contributed by atoms with Crippen molar-refractivity contribution in [2.75, 3.05) is 112 Å². The summed E-state index contributed by atoms with van der Waals surface area (Å²) in [6, 6.07) is 4.91. The molecule has 57 heavy (non-hydrogen) atoms. The molecular formula is C36H42F2N10O9. The highest BCUT2D eigenvalue weighted by atomic mass is 19.1. The van der Waals surface area contributed by atoms with E-state index in [1.54, 1.807) is 0 Å². The van der Waals surface area contributed by atoms with E-state index in [0.29, 0.717) is 52.4 Å². The molecule has 2 saturated heterocycles. The molecule has 0 bridgehead atoms. The molecule has 0 radical (unpaired) electrons. The van der Waals surface area contributed by atoms with Gasteiger partial charge in [-0.1, -0.05) is 0 Å². The average Bonchev–Trinajstić information content (AvgIpc) is 3.20. The zero-order valence-corrected chi connectivity index (χ0v) is 30.7. The molecule has 2 amide bonds. The normalized spacial score (nSPS) is 14.4. The van der Waals surface area contributed by atoms with Crippen molar-refractivity contribution in [1.29, 1.82) is 0 Å². The van der Waals surface area contributed by atoms with E-state index in [-0.39, 0.29) is 72.6 Å². The largest absolute Gasteiger partial charge is 0.477 e. The number of ether oxygens (including phenoxy) is 1. The van der Waals surface area contributed by atoms with Crippen molar-refractivity contribution in [3.05, 3.63) is 79.9 Å². The number of piperazine rings is 2. The van der Waals surface area contributed by atoms with Crippen molar-refractivity contribution < 1.29 is 42.9 Å². The third-order valence-electron chi connectivity index (χ3n) is 9.48. The fraction of sp³-hybridized carbons (Fsp3) is 0.389. The number of hydrogen-bond donors (Lipinski definition) is 8. The number of rotatable bonds is 16. The first-order valence-electron chi connectivity index (χ1n) is 18.2. The van der Waals surface area contributed by atoms with Gasteiger partial charge in [-0.05, 0) is 24.3 Å². The van der Waals surface area contributed by atoms with E-state index in [0.717, 1.165) is 24.5 Å². The Hall–Kier alpha value is -6.32. The molecule has 304 valence electrons. The maximum Gasteiger partial charge on any atom is 0.341 e. The molecule has 8 N–H and O–H groups in total. The van der Waals surface area contributed by atoms with Crippen molar-refractivity contribution in [3.8, 4) is 0 Å². The summed E-state index contributed by atoms with van der Waals surface area (Å²) >= 11 is 0. The summed E-state index contributed by atoms with van der Waals surface area (Å²) in [7, 11) is 0. The summed E-state index contributed by atoms with van der Waals surface area (Å²) in [6.45, 7) is 4.30. The third kappa shape index (κ3) is 9.39. The van der Waals surface area contributed by atoms with Crippen LogP contribution in [0.2, 0.25) is 0 Å². The molecule has 0 spiro atoms. The number of aromatic nitrogens is 2. The molecule has 0 atom stereocenters. The second-order valence-electron chi connectivity index (χ2n) is 13.2. The summed E-state index contributed by atoms with van der Waals surface area (Å²) < 4.78 is 38.1. The Balaban J connectivity index is 0.974. The monoisotopic (exact) mass is 796 g/mol. The van der Waals surface area contributed by atoms with Gasteiger partial charge in [-0.2, -0.15) is 0 Å². The number of anilines is 2. The fourth-order valence-electron chi connectivity index (χ4n) is 6.60. The first-order valence-corrected chi connectivity index (χ1v) is 18.2. The van der Waals surface area contributed by atoms with Gasteiger partial charge in [0.05, 0.1) is 46.4 Å². The minimum absolute atomic E-state index is 0.0740. The van der Waals surface area contributed by atoms with Gasteiger partial charge in [0, 0.05) is 77.8 Å². The minimum Gasteiger partial charge on any atom is -0.477 e. The number of pyridine rings is 2. The van der Waals surface area contributed by atoms with E-state index < -0.39 is 57.4 Å². The highest BCUT2D eigenvalue weighted by molar-refractivity contribution is 5.95. The van der Waals surface area contributed by atoms with Crippen LogP contribution in [0.5, 0.6) is 0 Å². The van der Waals surface area contributed by atoms with Gasteiger partial charge in [-0.25, -0.2) is 18.4 Å². The van der Waals surface area contributed by atoms with Crippen LogP contribution >= 0.6 is 0 Å². The number of benzene rings is 2. The quantitative estimate of drug-likeness (QED) is 0.0625. The number of amides is 2. The van der Waals surface area contributed by atoms with Crippen LogP contribution in [-0.4, -0.2) is 135 Å². The first kappa shape index (κ1) is 40.3. The zero-order chi connectivity index (χ0) is 40.6. The van der Waals surface area contributed by atoms with Crippen LogP contribution in [0.15, 0.2) is 46.2 Å². The van der Waals surface area contributed by atoms with Crippen molar-refractivity contribution in [2.24, 2.45) is 0 Å². The van der Waals surface area contributed by atoms with Crippen LogP contribution in [-0.2, 0) is 14.3 Å². The number of carboxylic acids is 2. The highest BCUT2D eigenvalue weighted by Crippen LogP contribution is 2.27. The molecule has 6 rings (SSSR count). The van der Waals surface area contributed by atoms with Gasteiger partial charge in [0.15, 0.2) is 0 Å². The molecule has 2 aliphatic rings. The number of halogens is 2. The molecule has 0 aliphatic carbocycles. The summed E-state index contributed by atoms with van der Waals surface area (Å²) in [5.74, 6) is -5.33. The zero-order valence-electron chi connectivity index (χ0n) is 30.7. The fourth-order valence-corrected chi connectivity index (χ4v) is 6.60. The lowest BCUT2D eigenvalue weighted by molar-refractivity contribution is -0.120. The second kappa shape index (κ2) is 18.1. The number of carbonyl (C=O) groups excluding carboxylic acids is 2. The molecule has 2 aliphatic heterocycles. The summed E-state index contributed by atoms with van der Waals surface area (Å²) in [5.41, 5.74) is 3.53. The van der Waals surface area contributed by atoms with Gasteiger partial charge < -0.3 is 56.9 Å². The predicted octanol–water partition coefficient (Wildman–Crippen LogP) is -1.15. The Morgan fingerprint density at radius 3 is 1.40 bits per heavy atom. The van der Waals surface area contributed by atoms with Gasteiger partial charge in [-0.15, -0.1) is 0 Å². The van der Waals surface area contributed by atoms with E-state index in [4.69, 9.17) is 4.74 Å². The molecular weight excluding hydrogens is 754 g/mol.